The number of hydrogen-bond donors (Lipinski definition) is 2. The molecule has 0 aliphatic heterocycles. The molecule has 0 aliphatic rings. The Morgan fingerprint density at radius 1 is 1.33 bits per heavy atom. The molecule has 15 heavy (non-hydrogen) atoms. The molecule has 3 heteroatoms. The summed E-state index contributed by atoms with van der Waals surface area (Å²) < 4.78 is 5.28. The molecule has 82 valence electrons. The minimum atomic E-state index is -0.793. The molecule has 0 saturated heterocycles. The van der Waals surface area contributed by atoms with Crippen LogP contribution in [0.5, 0.6) is 0 Å². The van der Waals surface area contributed by atoms with Crippen LogP contribution in [0, 0.1) is 0 Å². The van der Waals surface area contributed by atoms with E-state index in [-0.39, 0.29) is 13.2 Å². The van der Waals surface area contributed by atoms with Gasteiger partial charge in [0.05, 0.1) is 19.8 Å². The largest absolute Gasteiger partial charge is 0.392 e. The normalized spacial score (nSPS) is 12.4. The molecule has 1 atom stereocenters. The third kappa shape index (κ3) is 4.25. The highest BCUT2D eigenvalue weighted by molar-refractivity contribution is 5.13. The maximum absolute atomic E-state index is 9.41. The number of ether oxygens (including phenoxy) is 1. The van der Waals surface area contributed by atoms with E-state index in [0.717, 1.165) is 5.56 Å². The summed E-state index contributed by atoms with van der Waals surface area (Å²) in [4.78, 5) is 0. The van der Waals surface area contributed by atoms with Crippen molar-refractivity contribution in [1.82, 2.24) is 0 Å². The molecule has 0 heterocycles. The van der Waals surface area contributed by atoms with Gasteiger partial charge in [-0.3, -0.25) is 0 Å². The van der Waals surface area contributed by atoms with Crippen LogP contribution in [0.2, 0.25) is 0 Å². The lowest BCUT2D eigenvalue weighted by Gasteiger charge is -2.12. The van der Waals surface area contributed by atoms with Crippen LogP contribution in [-0.4, -0.2) is 29.5 Å². The van der Waals surface area contributed by atoms with Crippen molar-refractivity contribution in [2.75, 3.05) is 13.2 Å². The van der Waals surface area contributed by atoms with Gasteiger partial charge in [-0.1, -0.05) is 36.9 Å². The second-order valence-electron chi connectivity index (χ2n) is 3.33. The minimum Gasteiger partial charge on any atom is -0.392 e. The summed E-state index contributed by atoms with van der Waals surface area (Å²) in [5.74, 6) is 0. The van der Waals surface area contributed by atoms with Crippen molar-refractivity contribution >= 4 is 0 Å². The summed E-state index contributed by atoms with van der Waals surface area (Å²) in [6.45, 7) is 3.92. The van der Waals surface area contributed by atoms with Crippen molar-refractivity contribution in [2.24, 2.45) is 0 Å². The third-order valence-electron chi connectivity index (χ3n) is 2.06. The second kappa shape index (κ2) is 6.35. The Bertz CT molecular complexity index is 295. The van der Waals surface area contributed by atoms with Crippen LogP contribution >= 0.6 is 0 Å². The molecule has 1 aromatic rings. The molecule has 0 spiro atoms. The van der Waals surface area contributed by atoms with Crippen molar-refractivity contribution in [2.45, 2.75) is 12.7 Å². The topological polar surface area (TPSA) is 49.7 Å². The second-order valence-corrected chi connectivity index (χ2v) is 3.33. The quantitative estimate of drug-likeness (QED) is 0.689. The molecule has 0 aliphatic carbocycles. The van der Waals surface area contributed by atoms with Gasteiger partial charge in [0.25, 0.3) is 0 Å². The van der Waals surface area contributed by atoms with Gasteiger partial charge in [-0.25, -0.2) is 0 Å². The van der Waals surface area contributed by atoms with Gasteiger partial charge in [-0.15, -0.1) is 0 Å². The Kier molecular flexibility index (Phi) is 5.04. The van der Waals surface area contributed by atoms with E-state index in [1.807, 2.05) is 30.3 Å². The summed E-state index contributed by atoms with van der Waals surface area (Å²) in [6.07, 6.45) is -0.793. The smallest absolute Gasteiger partial charge is 0.100 e. The first-order valence-electron chi connectivity index (χ1n) is 4.82. The number of aliphatic hydroxyl groups excluding tert-OH is 2. The maximum Gasteiger partial charge on any atom is 0.100 e. The van der Waals surface area contributed by atoms with Gasteiger partial charge < -0.3 is 14.9 Å². The van der Waals surface area contributed by atoms with Crippen LogP contribution in [0.3, 0.4) is 0 Å². The standard InChI is InChI=1S/C12H16O3/c1-10(7-13)12(14)9-15-8-11-5-3-2-4-6-11/h2-6,12-14H,1,7-9H2/t12-/m0/s1. The molecule has 0 saturated carbocycles. The van der Waals surface area contributed by atoms with Crippen LogP contribution in [0.25, 0.3) is 0 Å². The highest BCUT2D eigenvalue weighted by Gasteiger charge is 2.07. The molecule has 1 rings (SSSR count). The van der Waals surface area contributed by atoms with Gasteiger partial charge in [0, 0.05) is 0 Å². The Morgan fingerprint density at radius 2 is 2.00 bits per heavy atom. The predicted molar refractivity (Wildman–Crippen MR) is 58.3 cm³/mol. The molecule has 0 amide bonds. The molecular weight excluding hydrogens is 192 g/mol. The lowest BCUT2D eigenvalue weighted by atomic mass is 10.2. The number of hydrogen-bond acceptors (Lipinski definition) is 3. The summed E-state index contributed by atoms with van der Waals surface area (Å²) in [6, 6.07) is 9.70. The van der Waals surface area contributed by atoms with Crippen molar-refractivity contribution in [3.8, 4) is 0 Å². The number of benzene rings is 1. The Labute approximate surface area is 89.6 Å². The molecule has 0 radical (unpaired) electrons. The highest BCUT2D eigenvalue weighted by Crippen LogP contribution is 2.03. The van der Waals surface area contributed by atoms with Crippen molar-refractivity contribution in [1.29, 1.82) is 0 Å². The van der Waals surface area contributed by atoms with E-state index in [2.05, 4.69) is 6.58 Å². The van der Waals surface area contributed by atoms with Gasteiger partial charge >= 0.3 is 0 Å². The van der Waals surface area contributed by atoms with Crippen LogP contribution in [0.4, 0.5) is 0 Å². The van der Waals surface area contributed by atoms with E-state index in [1.54, 1.807) is 0 Å². The number of aliphatic hydroxyl groups is 2. The fourth-order valence-electron chi connectivity index (χ4n) is 1.09. The molecule has 0 fully saturated rings. The molecule has 2 N–H and O–H groups in total. The predicted octanol–water partition coefficient (Wildman–Crippen LogP) is 1.11. The van der Waals surface area contributed by atoms with E-state index in [9.17, 15) is 5.11 Å². The average Bonchev–Trinajstić information content (AvgIpc) is 2.29. The van der Waals surface area contributed by atoms with Crippen LogP contribution in [-0.2, 0) is 11.3 Å². The molecule has 3 nitrogen and oxygen atoms in total. The first-order chi connectivity index (χ1) is 7.24. The summed E-state index contributed by atoms with van der Waals surface area (Å²) in [5, 5.41) is 18.1. The molecular formula is C12H16O3. The SMILES string of the molecule is C=C(CO)[C@@H](O)COCc1ccccc1. The van der Waals surface area contributed by atoms with Gasteiger partial charge in [0.1, 0.15) is 6.10 Å². The van der Waals surface area contributed by atoms with Crippen molar-refractivity contribution in [3.05, 3.63) is 48.0 Å². The lowest BCUT2D eigenvalue weighted by Crippen LogP contribution is -2.19. The van der Waals surface area contributed by atoms with Crippen molar-refractivity contribution < 1.29 is 14.9 Å². The van der Waals surface area contributed by atoms with Crippen LogP contribution in [0.1, 0.15) is 5.56 Å². The van der Waals surface area contributed by atoms with Gasteiger partial charge in [0.2, 0.25) is 0 Å². The average molecular weight is 208 g/mol. The van der Waals surface area contributed by atoms with E-state index < -0.39 is 6.10 Å². The molecule has 0 aromatic heterocycles. The zero-order valence-corrected chi connectivity index (χ0v) is 8.60. The number of rotatable bonds is 6. The zero-order valence-electron chi connectivity index (χ0n) is 8.60. The highest BCUT2D eigenvalue weighted by atomic mass is 16.5. The zero-order chi connectivity index (χ0) is 11.1. The van der Waals surface area contributed by atoms with Crippen molar-refractivity contribution in [3.63, 3.8) is 0 Å². The fraction of sp³-hybridized carbons (Fsp3) is 0.333. The summed E-state index contributed by atoms with van der Waals surface area (Å²) in [5.41, 5.74) is 1.43. The third-order valence-corrected chi connectivity index (χ3v) is 2.06. The monoisotopic (exact) mass is 208 g/mol. The van der Waals surface area contributed by atoms with E-state index >= 15 is 0 Å². The Balaban J connectivity index is 2.25. The molecule has 0 unspecified atom stereocenters. The molecule has 0 bridgehead atoms. The summed E-state index contributed by atoms with van der Waals surface area (Å²) >= 11 is 0. The summed E-state index contributed by atoms with van der Waals surface area (Å²) in [7, 11) is 0. The maximum atomic E-state index is 9.41. The first-order valence-corrected chi connectivity index (χ1v) is 4.82. The van der Waals surface area contributed by atoms with E-state index in [0.29, 0.717) is 12.2 Å². The van der Waals surface area contributed by atoms with Gasteiger partial charge in [0.15, 0.2) is 0 Å². The first kappa shape index (κ1) is 11.9. The minimum absolute atomic E-state index is 0.161. The Morgan fingerprint density at radius 3 is 2.60 bits per heavy atom. The molecule has 1 aromatic carbocycles. The van der Waals surface area contributed by atoms with Crippen LogP contribution in [0.15, 0.2) is 42.5 Å². The fourth-order valence-corrected chi connectivity index (χ4v) is 1.09. The van der Waals surface area contributed by atoms with Gasteiger partial charge in [-0.2, -0.15) is 0 Å². The Hall–Kier alpha value is -1.16. The van der Waals surface area contributed by atoms with Gasteiger partial charge in [-0.05, 0) is 11.1 Å². The van der Waals surface area contributed by atoms with E-state index in [1.165, 1.54) is 0 Å². The van der Waals surface area contributed by atoms with Crippen LogP contribution < -0.4 is 0 Å². The van der Waals surface area contributed by atoms with E-state index in [4.69, 9.17) is 9.84 Å². The lowest BCUT2D eigenvalue weighted by molar-refractivity contribution is 0.0409.